The molecule has 1 rings (SSSR count). The number of sulfone groups is 1. The van der Waals surface area contributed by atoms with Gasteiger partial charge in [-0.2, -0.15) is 5.26 Å². The van der Waals surface area contributed by atoms with Crippen molar-refractivity contribution in [2.24, 2.45) is 0 Å². The smallest absolute Gasteiger partial charge is 0.239 e. The molecular formula is C12H13ClN2O3S. The van der Waals surface area contributed by atoms with Crippen molar-refractivity contribution in [3.63, 3.8) is 0 Å². The largest absolute Gasteiger partial charge is 0.325 e. The normalized spacial score (nSPS) is 10.7. The molecule has 0 spiro atoms. The molecule has 0 saturated carbocycles. The minimum atomic E-state index is -3.47. The van der Waals surface area contributed by atoms with Crippen molar-refractivity contribution in [3.8, 4) is 6.07 Å². The molecule has 0 bridgehead atoms. The fourth-order valence-electron chi connectivity index (χ4n) is 1.37. The number of nitriles is 1. The first-order chi connectivity index (χ1) is 8.93. The quantitative estimate of drug-likeness (QED) is 0.814. The second-order valence-corrected chi connectivity index (χ2v) is 6.53. The predicted molar refractivity (Wildman–Crippen MR) is 73.6 cm³/mol. The van der Waals surface area contributed by atoms with E-state index < -0.39 is 21.5 Å². The van der Waals surface area contributed by atoms with E-state index >= 15 is 0 Å². The van der Waals surface area contributed by atoms with E-state index in [2.05, 4.69) is 5.32 Å². The number of nitrogens with one attached hydrogen (secondary N) is 1. The molecule has 102 valence electrons. The van der Waals surface area contributed by atoms with Crippen LogP contribution in [0.15, 0.2) is 24.3 Å². The van der Waals surface area contributed by atoms with E-state index in [1.54, 1.807) is 24.3 Å². The van der Waals surface area contributed by atoms with Crippen LogP contribution in [0.25, 0.3) is 0 Å². The number of benzene rings is 1. The Balaban J connectivity index is 2.51. The summed E-state index contributed by atoms with van der Waals surface area (Å²) in [4.78, 5) is 11.6. The summed E-state index contributed by atoms with van der Waals surface area (Å²) in [6.45, 7) is 0. The van der Waals surface area contributed by atoms with Gasteiger partial charge < -0.3 is 5.32 Å². The summed E-state index contributed by atoms with van der Waals surface area (Å²) in [5.74, 6) is -1.34. The second kappa shape index (κ2) is 7.12. The zero-order valence-corrected chi connectivity index (χ0v) is 11.7. The number of amides is 1. The van der Waals surface area contributed by atoms with E-state index in [-0.39, 0.29) is 18.6 Å². The van der Waals surface area contributed by atoms with Gasteiger partial charge in [0.25, 0.3) is 0 Å². The number of rotatable bonds is 6. The lowest BCUT2D eigenvalue weighted by Crippen LogP contribution is -2.24. The van der Waals surface area contributed by atoms with E-state index in [4.69, 9.17) is 16.9 Å². The maximum Gasteiger partial charge on any atom is 0.239 e. The molecule has 0 atom stereocenters. The molecule has 0 aromatic heterocycles. The van der Waals surface area contributed by atoms with Crippen LogP contribution in [-0.4, -0.2) is 25.8 Å². The van der Waals surface area contributed by atoms with Gasteiger partial charge in [0.2, 0.25) is 5.91 Å². The molecule has 5 nitrogen and oxygen atoms in total. The first kappa shape index (κ1) is 15.5. The molecule has 1 amide bonds. The van der Waals surface area contributed by atoms with Gasteiger partial charge >= 0.3 is 0 Å². The molecular weight excluding hydrogens is 288 g/mol. The molecule has 0 aliphatic carbocycles. The van der Waals surface area contributed by atoms with Crippen LogP contribution in [0.2, 0.25) is 5.02 Å². The molecule has 0 radical (unpaired) electrons. The van der Waals surface area contributed by atoms with Crippen LogP contribution in [0, 0.1) is 11.3 Å². The predicted octanol–water partition coefficient (Wildman–Crippen LogP) is 2.00. The van der Waals surface area contributed by atoms with Gasteiger partial charge in [-0.05, 0) is 30.7 Å². The number of anilines is 1. The molecule has 19 heavy (non-hydrogen) atoms. The molecule has 0 aliphatic heterocycles. The van der Waals surface area contributed by atoms with Gasteiger partial charge in [0.15, 0.2) is 9.84 Å². The molecule has 0 saturated heterocycles. The summed E-state index contributed by atoms with van der Waals surface area (Å²) >= 11 is 5.69. The third-order valence-corrected chi connectivity index (χ3v) is 4.09. The molecule has 0 unspecified atom stereocenters. The van der Waals surface area contributed by atoms with E-state index in [0.717, 1.165) is 0 Å². The van der Waals surface area contributed by atoms with Crippen LogP contribution < -0.4 is 5.32 Å². The van der Waals surface area contributed by atoms with Crippen molar-refractivity contribution in [2.45, 2.75) is 12.8 Å². The second-order valence-electron chi connectivity index (χ2n) is 3.91. The van der Waals surface area contributed by atoms with Crippen molar-refractivity contribution >= 4 is 33.0 Å². The Morgan fingerprint density at radius 2 is 1.95 bits per heavy atom. The number of hydrogen-bond acceptors (Lipinski definition) is 4. The standard InChI is InChI=1S/C12H13ClN2O3S/c13-10-3-5-11(6-4-10)15-12(16)9-19(17,18)8-2-1-7-14/h3-6H,1-2,8-9H2,(H,15,16). The van der Waals surface area contributed by atoms with Crippen LogP contribution in [0.3, 0.4) is 0 Å². The average Bonchev–Trinajstić information content (AvgIpc) is 2.31. The summed E-state index contributed by atoms with van der Waals surface area (Å²) in [6.07, 6.45) is 0.408. The minimum Gasteiger partial charge on any atom is -0.325 e. The maximum atomic E-state index is 11.6. The Morgan fingerprint density at radius 1 is 1.32 bits per heavy atom. The van der Waals surface area contributed by atoms with Crippen LogP contribution in [0.1, 0.15) is 12.8 Å². The minimum absolute atomic E-state index is 0.158. The van der Waals surface area contributed by atoms with Gasteiger partial charge in [-0.25, -0.2) is 8.42 Å². The van der Waals surface area contributed by atoms with Gasteiger partial charge in [0.05, 0.1) is 11.8 Å². The van der Waals surface area contributed by atoms with Crippen molar-refractivity contribution < 1.29 is 13.2 Å². The van der Waals surface area contributed by atoms with E-state index in [1.165, 1.54) is 0 Å². The molecule has 1 N–H and O–H groups in total. The first-order valence-electron chi connectivity index (χ1n) is 5.56. The molecule has 0 fully saturated rings. The number of carbonyl (C=O) groups excluding carboxylic acids is 1. The Labute approximate surface area is 117 Å². The van der Waals surface area contributed by atoms with E-state index in [0.29, 0.717) is 10.7 Å². The molecule has 1 aromatic rings. The topological polar surface area (TPSA) is 87.0 Å². The summed E-state index contributed by atoms with van der Waals surface area (Å²) in [5.41, 5.74) is 0.488. The molecule has 7 heteroatoms. The van der Waals surface area contributed by atoms with Crippen LogP contribution in [0.4, 0.5) is 5.69 Å². The number of unbranched alkanes of at least 4 members (excludes halogenated alkanes) is 1. The highest BCUT2D eigenvalue weighted by Crippen LogP contribution is 2.13. The van der Waals surface area contributed by atoms with Crippen molar-refractivity contribution in [2.75, 3.05) is 16.8 Å². The lowest BCUT2D eigenvalue weighted by Gasteiger charge is -2.05. The van der Waals surface area contributed by atoms with E-state index in [9.17, 15) is 13.2 Å². The molecule has 0 heterocycles. The Morgan fingerprint density at radius 3 is 2.53 bits per heavy atom. The highest BCUT2D eigenvalue weighted by atomic mass is 35.5. The van der Waals surface area contributed by atoms with Gasteiger partial charge in [0, 0.05) is 17.1 Å². The van der Waals surface area contributed by atoms with Gasteiger partial charge in [-0.3, -0.25) is 4.79 Å². The summed E-state index contributed by atoms with van der Waals surface area (Å²) < 4.78 is 23.1. The number of hydrogen-bond donors (Lipinski definition) is 1. The monoisotopic (exact) mass is 300 g/mol. The zero-order valence-electron chi connectivity index (χ0n) is 10.1. The average molecular weight is 301 g/mol. The van der Waals surface area contributed by atoms with Crippen LogP contribution >= 0.6 is 11.6 Å². The zero-order chi connectivity index (χ0) is 14.3. The lowest BCUT2D eigenvalue weighted by molar-refractivity contribution is -0.113. The summed E-state index contributed by atoms with van der Waals surface area (Å²) in [6, 6.07) is 8.22. The Bertz CT molecular complexity index is 576. The number of nitrogens with zero attached hydrogens (tertiary/aromatic N) is 1. The number of halogens is 1. The SMILES string of the molecule is N#CCCCS(=O)(=O)CC(=O)Nc1ccc(Cl)cc1. The van der Waals surface area contributed by atoms with Crippen LogP contribution in [0.5, 0.6) is 0 Å². The van der Waals surface area contributed by atoms with Crippen molar-refractivity contribution in [1.29, 1.82) is 5.26 Å². The van der Waals surface area contributed by atoms with E-state index in [1.807, 2.05) is 6.07 Å². The third kappa shape index (κ3) is 6.22. The maximum absolute atomic E-state index is 11.6. The number of carbonyl (C=O) groups is 1. The van der Waals surface area contributed by atoms with Gasteiger partial charge in [-0.1, -0.05) is 11.6 Å². The third-order valence-electron chi connectivity index (χ3n) is 2.22. The lowest BCUT2D eigenvalue weighted by atomic mass is 10.3. The van der Waals surface area contributed by atoms with Crippen molar-refractivity contribution in [1.82, 2.24) is 0 Å². The Kier molecular flexibility index (Phi) is 5.80. The highest BCUT2D eigenvalue weighted by Gasteiger charge is 2.16. The van der Waals surface area contributed by atoms with Crippen LogP contribution in [-0.2, 0) is 14.6 Å². The fourth-order valence-corrected chi connectivity index (χ4v) is 2.70. The van der Waals surface area contributed by atoms with Gasteiger partial charge in [0.1, 0.15) is 5.75 Å². The molecule has 1 aromatic carbocycles. The Hall–Kier alpha value is -1.58. The summed E-state index contributed by atoms with van der Waals surface area (Å²) in [7, 11) is -3.47. The molecule has 0 aliphatic rings. The highest BCUT2D eigenvalue weighted by molar-refractivity contribution is 7.92. The fraction of sp³-hybridized carbons (Fsp3) is 0.333. The van der Waals surface area contributed by atoms with Gasteiger partial charge in [-0.15, -0.1) is 0 Å². The first-order valence-corrected chi connectivity index (χ1v) is 7.76. The van der Waals surface area contributed by atoms with Crippen molar-refractivity contribution in [3.05, 3.63) is 29.3 Å². The summed E-state index contributed by atoms with van der Waals surface area (Å²) in [5, 5.41) is 11.3.